The van der Waals surface area contributed by atoms with Crippen LogP contribution in [-0.2, 0) is 12.8 Å². The number of fused-ring (bicyclic) bond motifs is 2. The van der Waals surface area contributed by atoms with E-state index in [1.807, 2.05) is 23.1 Å². The fraction of sp³-hybridized carbons (Fsp3) is 0.360. The van der Waals surface area contributed by atoms with Crippen molar-refractivity contribution in [2.75, 3.05) is 31.1 Å². The van der Waals surface area contributed by atoms with Crippen molar-refractivity contribution in [1.29, 1.82) is 0 Å². The third-order valence-electron chi connectivity index (χ3n) is 6.46. The summed E-state index contributed by atoms with van der Waals surface area (Å²) < 4.78 is 0. The average molecular weight is 420 g/mol. The predicted octanol–water partition coefficient (Wildman–Crippen LogP) is 4.96. The molecule has 154 valence electrons. The summed E-state index contributed by atoms with van der Waals surface area (Å²) in [5, 5.41) is 1.77. The highest BCUT2D eigenvalue weighted by molar-refractivity contribution is 6.36. The summed E-state index contributed by atoms with van der Waals surface area (Å²) in [6.45, 7) is 7.42. The average Bonchev–Trinajstić information content (AvgIpc) is 3.24. The van der Waals surface area contributed by atoms with E-state index in [0.717, 1.165) is 67.1 Å². The van der Waals surface area contributed by atoms with Gasteiger partial charge in [0.15, 0.2) is 0 Å². The van der Waals surface area contributed by atoms with Crippen molar-refractivity contribution < 1.29 is 4.79 Å². The molecule has 2 aliphatic rings. The van der Waals surface area contributed by atoms with Crippen LogP contribution in [-0.4, -0.2) is 42.0 Å². The molecule has 0 saturated carbocycles. The molecule has 1 saturated heterocycles. The zero-order chi connectivity index (χ0) is 20.8. The Bertz CT molecular complexity index is 1150. The van der Waals surface area contributed by atoms with Crippen LogP contribution in [0.5, 0.6) is 0 Å². The first-order valence-electron chi connectivity index (χ1n) is 10.7. The number of hydrogen-bond acceptors (Lipinski definition) is 3. The number of hydrogen-bond donors (Lipinski definition) is 0. The molecule has 4 nitrogen and oxygen atoms in total. The van der Waals surface area contributed by atoms with Crippen molar-refractivity contribution in [2.45, 2.75) is 33.1 Å². The summed E-state index contributed by atoms with van der Waals surface area (Å²) in [5.74, 6) is 0.0796. The molecule has 1 aliphatic carbocycles. The van der Waals surface area contributed by atoms with Gasteiger partial charge in [-0.3, -0.25) is 9.78 Å². The maximum Gasteiger partial charge on any atom is 0.254 e. The molecule has 0 bridgehead atoms. The van der Waals surface area contributed by atoms with E-state index in [9.17, 15) is 4.79 Å². The molecule has 0 unspecified atom stereocenters. The van der Waals surface area contributed by atoms with Gasteiger partial charge in [-0.05, 0) is 68.0 Å². The second-order valence-electron chi connectivity index (χ2n) is 8.51. The van der Waals surface area contributed by atoms with E-state index >= 15 is 0 Å². The molecular formula is C25H26ClN3O. The van der Waals surface area contributed by atoms with Gasteiger partial charge in [0.05, 0.1) is 10.5 Å². The third-order valence-corrected chi connectivity index (χ3v) is 6.89. The van der Waals surface area contributed by atoms with Gasteiger partial charge in [-0.15, -0.1) is 0 Å². The van der Waals surface area contributed by atoms with Crippen LogP contribution >= 0.6 is 11.6 Å². The van der Waals surface area contributed by atoms with Crippen LogP contribution in [0.4, 0.5) is 5.69 Å². The molecule has 5 rings (SSSR count). The molecule has 5 heteroatoms. The molecule has 30 heavy (non-hydrogen) atoms. The first kappa shape index (κ1) is 19.4. The van der Waals surface area contributed by atoms with Gasteiger partial charge in [0.1, 0.15) is 0 Å². The predicted molar refractivity (Wildman–Crippen MR) is 123 cm³/mol. The summed E-state index contributed by atoms with van der Waals surface area (Å²) >= 11 is 6.62. The van der Waals surface area contributed by atoms with Gasteiger partial charge < -0.3 is 9.80 Å². The Morgan fingerprint density at radius 1 is 1.00 bits per heavy atom. The monoisotopic (exact) mass is 419 g/mol. The lowest BCUT2D eigenvalue weighted by molar-refractivity contribution is 0.0747. The molecule has 0 spiro atoms. The van der Waals surface area contributed by atoms with Gasteiger partial charge in [-0.1, -0.05) is 29.8 Å². The highest BCUT2D eigenvalue weighted by atomic mass is 35.5. The lowest BCUT2D eigenvalue weighted by atomic mass is 10.1. The van der Waals surface area contributed by atoms with Gasteiger partial charge in [0, 0.05) is 48.5 Å². The van der Waals surface area contributed by atoms with Crippen LogP contribution in [0.15, 0.2) is 36.4 Å². The lowest BCUT2D eigenvalue weighted by Gasteiger charge is -2.37. The number of anilines is 1. The van der Waals surface area contributed by atoms with Crippen LogP contribution in [0.2, 0.25) is 5.02 Å². The number of amides is 1. The van der Waals surface area contributed by atoms with Crippen LogP contribution in [0.1, 0.15) is 39.2 Å². The summed E-state index contributed by atoms with van der Waals surface area (Å²) in [5.41, 5.74) is 7.64. The number of piperazine rings is 1. The Kier molecular flexibility index (Phi) is 4.90. The van der Waals surface area contributed by atoms with Gasteiger partial charge >= 0.3 is 0 Å². The summed E-state index contributed by atoms with van der Waals surface area (Å²) in [4.78, 5) is 22.3. The van der Waals surface area contributed by atoms with Crippen molar-refractivity contribution in [2.24, 2.45) is 0 Å². The standard InChI is InChI=1S/C25H26ClN3O/c1-16-6-7-17(2)23(14-16)28-10-12-29(13-11-28)25(30)18-8-9-20-22(15-18)27-21-5-3-4-19(21)24(20)26/h6-9,14-15H,3-5,10-13H2,1-2H3. The number of nitrogens with zero attached hydrogens (tertiary/aromatic N) is 3. The molecule has 2 aromatic carbocycles. The van der Waals surface area contributed by atoms with Crippen LogP contribution in [0.3, 0.4) is 0 Å². The highest BCUT2D eigenvalue weighted by Crippen LogP contribution is 2.34. The molecule has 1 fully saturated rings. The Morgan fingerprint density at radius 3 is 2.60 bits per heavy atom. The van der Waals surface area contributed by atoms with E-state index in [-0.39, 0.29) is 5.91 Å². The molecule has 1 aromatic heterocycles. The Labute approximate surface area is 182 Å². The Hall–Kier alpha value is -2.59. The quantitative estimate of drug-likeness (QED) is 0.589. The molecule has 3 aromatic rings. The number of aromatic nitrogens is 1. The number of benzene rings is 2. The number of aryl methyl sites for hydroxylation is 3. The summed E-state index contributed by atoms with van der Waals surface area (Å²) in [7, 11) is 0. The minimum Gasteiger partial charge on any atom is -0.368 e. The Morgan fingerprint density at radius 2 is 1.80 bits per heavy atom. The third kappa shape index (κ3) is 3.33. The topological polar surface area (TPSA) is 36.4 Å². The van der Waals surface area contributed by atoms with Crippen molar-refractivity contribution in [3.63, 3.8) is 0 Å². The lowest BCUT2D eigenvalue weighted by Crippen LogP contribution is -2.49. The minimum absolute atomic E-state index is 0.0796. The molecule has 1 aliphatic heterocycles. The fourth-order valence-electron chi connectivity index (χ4n) is 4.73. The van der Waals surface area contributed by atoms with Gasteiger partial charge in [0.2, 0.25) is 0 Å². The first-order valence-corrected chi connectivity index (χ1v) is 11.1. The fourth-order valence-corrected chi connectivity index (χ4v) is 5.09. The van der Waals surface area contributed by atoms with E-state index in [2.05, 4.69) is 36.9 Å². The van der Waals surface area contributed by atoms with E-state index in [1.54, 1.807) is 0 Å². The second-order valence-corrected chi connectivity index (χ2v) is 8.88. The maximum atomic E-state index is 13.2. The summed E-state index contributed by atoms with van der Waals surface area (Å²) in [6.07, 6.45) is 3.08. The minimum atomic E-state index is 0.0796. The van der Waals surface area contributed by atoms with E-state index in [1.165, 1.54) is 22.4 Å². The number of halogens is 1. The van der Waals surface area contributed by atoms with Gasteiger partial charge in [-0.2, -0.15) is 0 Å². The SMILES string of the molecule is Cc1ccc(C)c(N2CCN(C(=O)c3ccc4c(Cl)c5c(nc4c3)CCC5)CC2)c1. The number of carbonyl (C=O) groups excluding carboxylic acids is 1. The second kappa shape index (κ2) is 7.59. The zero-order valence-electron chi connectivity index (χ0n) is 17.5. The maximum absolute atomic E-state index is 13.2. The molecule has 0 N–H and O–H groups in total. The number of pyridine rings is 1. The van der Waals surface area contributed by atoms with E-state index < -0.39 is 0 Å². The van der Waals surface area contributed by atoms with Crippen molar-refractivity contribution in [3.05, 3.63) is 69.4 Å². The largest absolute Gasteiger partial charge is 0.368 e. The van der Waals surface area contributed by atoms with E-state index in [0.29, 0.717) is 5.56 Å². The molecule has 0 radical (unpaired) electrons. The smallest absolute Gasteiger partial charge is 0.254 e. The van der Waals surface area contributed by atoms with Crippen molar-refractivity contribution in [1.82, 2.24) is 9.88 Å². The number of carbonyl (C=O) groups is 1. The van der Waals surface area contributed by atoms with Gasteiger partial charge in [0.25, 0.3) is 5.91 Å². The van der Waals surface area contributed by atoms with E-state index in [4.69, 9.17) is 16.6 Å². The van der Waals surface area contributed by atoms with Crippen molar-refractivity contribution in [3.8, 4) is 0 Å². The normalized spacial score (nSPS) is 16.2. The molecule has 2 heterocycles. The highest BCUT2D eigenvalue weighted by Gasteiger charge is 2.24. The molecule has 1 amide bonds. The first-order chi connectivity index (χ1) is 14.5. The molecular weight excluding hydrogens is 394 g/mol. The number of rotatable bonds is 2. The molecule has 0 atom stereocenters. The Balaban J connectivity index is 1.35. The zero-order valence-corrected chi connectivity index (χ0v) is 18.3. The van der Waals surface area contributed by atoms with Crippen LogP contribution < -0.4 is 4.90 Å². The summed E-state index contributed by atoms with van der Waals surface area (Å²) in [6, 6.07) is 12.3. The van der Waals surface area contributed by atoms with Crippen LogP contribution in [0, 0.1) is 13.8 Å². The van der Waals surface area contributed by atoms with Crippen molar-refractivity contribution >= 4 is 34.1 Å². The van der Waals surface area contributed by atoms with Crippen LogP contribution in [0.25, 0.3) is 10.9 Å². The van der Waals surface area contributed by atoms with Gasteiger partial charge in [-0.25, -0.2) is 0 Å².